The zero-order chi connectivity index (χ0) is 22.0. The van der Waals surface area contributed by atoms with Gasteiger partial charge in [-0.3, -0.25) is 9.59 Å². The predicted molar refractivity (Wildman–Crippen MR) is 121 cm³/mol. The van der Waals surface area contributed by atoms with Crippen LogP contribution in [0.15, 0.2) is 52.4 Å². The van der Waals surface area contributed by atoms with Gasteiger partial charge in [0.15, 0.2) is 5.16 Å². The number of rotatable bonds is 6. The van der Waals surface area contributed by atoms with Crippen LogP contribution in [0.4, 0.5) is 5.69 Å². The highest BCUT2D eigenvalue weighted by Gasteiger charge is 2.14. The third-order valence-electron chi connectivity index (χ3n) is 5.03. The molecular formula is C22H22N6O2S. The van der Waals surface area contributed by atoms with Crippen LogP contribution < -0.4 is 10.9 Å². The van der Waals surface area contributed by atoms with Gasteiger partial charge in [-0.05, 0) is 49.2 Å². The van der Waals surface area contributed by atoms with Gasteiger partial charge in [-0.25, -0.2) is 4.98 Å². The summed E-state index contributed by atoms with van der Waals surface area (Å²) in [5.74, 6) is 1.39. The largest absolute Gasteiger partial charge is 0.326 e. The third-order valence-corrected chi connectivity index (χ3v) is 6.07. The van der Waals surface area contributed by atoms with E-state index in [9.17, 15) is 9.59 Å². The van der Waals surface area contributed by atoms with Crippen LogP contribution >= 0.6 is 11.8 Å². The number of benzene rings is 2. The monoisotopic (exact) mass is 434 g/mol. The summed E-state index contributed by atoms with van der Waals surface area (Å²) in [6.07, 6.45) is 0.113. The average Bonchev–Trinajstić information content (AvgIpc) is 3.08. The fraction of sp³-hybridized carbons (Fsp3) is 0.227. The number of nitrogens with one attached hydrogen (secondary N) is 2. The Balaban J connectivity index is 1.41. The zero-order valence-corrected chi connectivity index (χ0v) is 18.3. The molecule has 9 heteroatoms. The summed E-state index contributed by atoms with van der Waals surface area (Å²) in [6.45, 7) is 4.04. The van der Waals surface area contributed by atoms with E-state index >= 15 is 0 Å². The molecule has 0 fully saturated rings. The molecule has 2 aromatic heterocycles. The number of amides is 1. The number of carbonyl (C=O) groups excluding carboxylic acids is 1. The van der Waals surface area contributed by atoms with E-state index in [4.69, 9.17) is 0 Å². The first kappa shape index (κ1) is 20.8. The average molecular weight is 435 g/mol. The molecule has 0 aliphatic rings. The summed E-state index contributed by atoms with van der Waals surface area (Å²) in [5.41, 5.74) is 3.55. The maximum absolute atomic E-state index is 12.4. The molecule has 2 aromatic carbocycles. The van der Waals surface area contributed by atoms with Crippen molar-refractivity contribution < 1.29 is 4.79 Å². The minimum Gasteiger partial charge on any atom is -0.326 e. The number of nitrogens with zero attached hydrogens (tertiary/aromatic N) is 4. The van der Waals surface area contributed by atoms with Gasteiger partial charge in [-0.2, -0.15) is 0 Å². The molecule has 158 valence electrons. The minimum atomic E-state index is -0.164. The lowest BCUT2D eigenvalue weighted by atomic mass is 10.1. The molecule has 1 amide bonds. The van der Waals surface area contributed by atoms with Gasteiger partial charge in [0.05, 0.1) is 23.1 Å². The summed E-state index contributed by atoms with van der Waals surface area (Å²) in [6, 6.07) is 13.0. The molecule has 0 aliphatic heterocycles. The highest BCUT2D eigenvalue weighted by atomic mass is 32.2. The zero-order valence-electron chi connectivity index (χ0n) is 17.5. The normalized spacial score (nSPS) is 11.1. The van der Waals surface area contributed by atoms with E-state index in [0.29, 0.717) is 33.5 Å². The molecule has 8 nitrogen and oxygen atoms in total. The van der Waals surface area contributed by atoms with Crippen LogP contribution in [0, 0.1) is 13.8 Å². The summed E-state index contributed by atoms with van der Waals surface area (Å²) in [4.78, 5) is 31.9. The number of para-hydroxylation sites is 1. The van der Waals surface area contributed by atoms with Crippen LogP contribution in [-0.4, -0.2) is 30.6 Å². The topological polar surface area (TPSA) is 106 Å². The first-order valence-electron chi connectivity index (χ1n) is 9.77. The molecule has 0 atom stereocenters. The van der Waals surface area contributed by atoms with Gasteiger partial charge in [-0.1, -0.05) is 30.0 Å². The van der Waals surface area contributed by atoms with Crippen LogP contribution in [0.25, 0.3) is 10.9 Å². The van der Waals surface area contributed by atoms with Gasteiger partial charge in [0.1, 0.15) is 11.6 Å². The first-order valence-corrected chi connectivity index (χ1v) is 10.8. The van der Waals surface area contributed by atoms with Crippen molar-refractivity contribution in [3.63, 3.8) is 0 Å². The number of anilines is 1. The molecular weight excluding hydrogens is 412 g/mol. The lowest BCUT2D eigenvalue weighted by molar-refractivity contribution is -0.115. The maximum atomic E-state index is 12.4. The molecule has 0 radical (unpaired) electrons. The van der Waals surface area contributed by atoms with Gasteiger partial charge in [-0.15, -0.1) is 10.2 Å². The SMILES string of the molecule is Cc1ccc(NC(=O)Cc2nnc(SCc3nc4ccccc4c(=O)[nH]3)n2C)cc1C. The smallest absolute Gasteiger partial charge is 0.258 e. The van der Waals surface area contributed by atoms with E-state index in [1.807, 2.05) is 57.3 Å². The number of thioether (sulfide) groups is 1. The molecule has 0 spiro atoms. The van der Waals surface area contributed by atoms with Crippen molar-refractivity contribution in [3.8, 4) is 0 Å². The number of aromatic amines is 1. The summed E-state index contributed by atoms with van der Waals surface area (Å²) in [7, 11) is 1.82. The highest BCUT2D eigenvalue weighted by molar-refractivity contribution is 7.98. The van der Waals surface area contributed by atoms with Crippen LogP contribution in [0.5, 0.6) is 0 Å². The van der Waals surface area contributed by atoms with E-state index in [-0.39, 0.29) is 17.9 Å². The Kier molecular flexibility index (Phi) is 5.85. The molecule has 2 N–H and O–H groups in total. The van der Waals surface area contributed by atoms with E-state index in [0.717, 1.165) is 11.3 Å². The van der Waals surface area contributed by atoms with Crippen LogP contribution in [0.3, 0.4) is 0 Å². The lowest BCUT2D eigenvalue weighted by Crippen LogP contribution is -2.17. The molecule has 0 saturated heterocycles. The maximum Gasteiger partial charge on any atom is 0.258 e. The fourth-order valence-corrected chi connectivity index (χ4v) is 3.93. The minimum absolute atomic E-state index is 0.113. The van der Waals surface area contributed by atoms with Crippen molar-refractivity contribution in [2.75, 3.05) is 5.32 Å². The highest BCUT2D eigenvalue weighted by Crippen LogP contribution is 2.20. The van der Waals surface area contributed by atoms with E-state index < -0.39 is 0 Å². The van der Waals surface area contributed by atoms with Crippen LogP contribution in [0.1, 0.15) is 22.8 Å². The molecule has 0 bridgehead atoms. The molecule has 4 aromatic rings. The molecule has 4 rings (SSSR count). The molecule has 2 heterocycles. The van der Waals surface area contributed by atoms with Crippen molar-refractivity contribution in [1.82, 2.24) is 24.7 Å². The number of hydrogen-bond donors (Lipinski definition) is 2. The number of H-pyrrole nitrogens is 1. The molecule has 0 aliphatic carbocycles. The third kappa shape index (κ3) is 4.66. The number of aromatic nitrogens is 5. The number of aryl methyl sites for hydroxylation is 2. The second-order valence-electron chi connectivity index (χ2n) is 7.30. The Morgan fingerprint density at radius 2 is 1.94 bits per heavy atom. The summed E-state index contributed by atoms with van der Waals surface area (Å²) in [5, 5.41) is 12.4. The summed E-state index contributed by atoms with van der Waals surface area (Å²) < 4.78 is 1.78. The molecule has 0 saturated carbocycles. The Hall–Kier alpha value is -3.46. The van der Waals surface area contributed by atoms with Gasteiger partial charge in [0.2, 0.25) is 5.91 Å². The van der Waals surface area contributed by atoms with Gasteiger partial charge in [0, 0.05) is 12.7 Å². The van der Waals surface area contributed by atoms with Crippen molar-refractivity contribution in [1.29, 1.82) is 0 Å². The lowest BCUT2D eigenvalue weighted by Gasteiger charge is -2.08. The van der Waals surface area contributed by atoms with Gasteiger partial charge in [0.25, 0.3) is 5.56 Å². The van der Waals surface area contributed by atoms with Crippen LogP contribution in [0.2, 0.25) is 0 Å². The van der Waals surface area contributed by atoms with E-state index in [1.165, 1.54) is 17.3 Å². The quantitative estimate of drug-likeness (QED) is 0.452. The predicted octanol–water partition coefficient (Wildman–Crippen LogP) is 3.14. The Morgan fingerprint density at radius 3 is 2.74 bits per heavy atom. The molecule has 31 heavy (non-hydrogen) atoms. The second-order valence-corrected chi connectivity index (χ2v) is 8.24. The van der Waals surface area contributed by atoms with E-state index in [2.05, 4.69) is 25.5 Å². The second kappa shape index (κ2) is 8.73. The fourth-order valence-electron chi connectivity index (χ4n) is 3.13. The molecule has 0 unspecified atom stereocenters. The standard InChI is InChI=1S/C22H22N6O2S/c1-13-8-9-15(10-14(13)2)23-20(29)11-19-26-27-22(28(19)3)31-12-18-24-17-7-5-4-6-16(17)21(30)25-18/h4-10H,11-12H2,1-3H3,(H,23,29)(H,24,25,30). The van der Waals surface area contributed by atoms with Crippen LogP contribution in [-0.2, 0) is 24.0 Å². The van der Waals surface area contributed by atoms with Crippen molar-refractivity contribution in [3.05, 3.63) is 75.6 Å². The first-order chi connectivity index (χ1) is 14.9. The summed E-state index contributed by atoms with van der Waals surface area (Å²) >= 11 is 1.40. The number of hydrogen-bond acceptors (Lipinski definition) is 6. The Labute approximate surface area is 183 Å². The number of carbonyl (C=O) groups is 1. The van der Waals surface area contributed by atoms with Crippen molar-refractivity contribution in [2.24, 2.45) is 7.05 Å². The Bertz CT molecular complexity index is 1330. The number of fused-ring (bicyclic) bond motifs is 1. The van der Waals surface area contributed by atoms with Gasteiger partial charge >= 0.3 is 0 Å². The van der Waals surface area contributed by atoms with Crippen molar-refractivity contribution >= 4 is 34.3 Å². The Morgan fingerprint density at radius 1 is 1.13 bits per heavy atom. The van der Waals surface area contributed by atoms with E-state index in [1.54, 1.807) is 10.6 Å². The van der Waals surface area contributed by atoms with Crippen molar-refractivity contribution in [2.45, 2.75) is 31.2 Å². The van der Waals surface area contributed by atoms with Gasteiger partial charge < -0.3 is 14.9 Å².